The molecule has 0 bridgehead atoms. The van der Waals surface area contributed by atoms with Crippen LogP contribution in [0.1, 0.15) is 153 Å². The summed E-state index contributed by atoms with van der Waals surface area (Å²) >= 11 is 12.6. The molecule has 0 aliphatic carbocycles. The molecule has 0 saturated carbocycles. The van der Waals surface area contributed by atoms with Gasteiger partial charge in [0.2, 0.25) is 0 Å². The van der Waals surface area contributed by atoms with Crippen LogP contribution in [0.3, 0.4) is 0 Å². The molecule has 0 amide bonds. The number of phenolic OH excluding ortho intramolecular Hbond substituents is 2. The minimum absolute atomic E-state index is 0.148. The van der Waals surface area contributed by atoms with Crippen LogP contribution in [0.25, 0.3) is 0 Å². The normalized spacial score (nSPS) is 12.3. The minimum Gasteiger partial charge on any atom is -0.507 e. The number of hydrogen-bond acceptors (Lipinski definition) is 4. The van der Waals surface area contributed by atoms with Crippen LogP contribution in [0.15, 0.2) is 46.6 Å². The van der Waals surface area contributed by atoms with Crippen LogP contribution in [0, 0.1) is 0 Å². The van der Waals surface area contributed by atoms with Gasteiger partial charge in [0, 0.05) is 21.2 Å². The van der Waals surface area contributed by atoms with E-state index in [1.165, 1.54) is 89.9 Å². The summed E-state index contributed by atoms with van der Waals surface area (Å²) in [6, 6.07) is 10.1. The maximum absolute atomic E-state index is 10.7. The Labute approximate surface area is 265 Å². The first-order chi connectivity index (χ1) is 20.5. The highest BCUT2D eigenvalue weighted by Gasteiger charge is 2.13. The molecule has 0 atom stereocenters. The second kappa shape index (κ2) is 22.5. The lowest BCUT2D eigenvalue weighted by Crippen LogP contribution is -2.05. The Morgan fingerprint density at radius 2 is 0.810 bits per heavy atom. The zero-order valence-corrected chi connectivity index (χ0v) is 27.7. The average Bonchev–Trinajstić information content (AvgIpc) is 2.98. The lowest BCUT2D eigenvalue weighted by atomic mass is 10.0. The SMILES string of the molecule is CCCCCCCCCCC/C(=N\N=C(/CCCCCCCCCCC)c1cc(Cl)ccc1O)c1cc(Cl)ccc1O. The largest absolute Gasteiger partial charge is 0.507 e. The highest BCUT2D eigenvalue weighted by molar-refractivity contribution is 6.31. The number of hydrogen-bond donors (Lipinski definition) is 2. The Hall–Kier alpha value is -2.04. The van der Waals surface area contributed by atoms with Crippen molar-refractivity contribution < 1.29 is 10.2 Å². The van der Waals surface area contributed by atoms with Gasteiger partial charge in [-0.2, -0.15) is 10.2 Å². The van der Waals surface area contributed by atoms with Gasteiger partial charge in [-0.3, -0.25) is 0 Å². The second-order valence-corrected chi connectivity index (χ2v) is 12.4. The molecule has 2 aromatic rings. The highest BCUT2D eigenvalue weighted by atomic mass is 35.5. The van der Waals surface area contributed by atoms with E-state index in [0.29, 0.717) is 45.4 Å². The molecule has 2 aromatic carbocycles. The number of unbranched alkanes of at least 4 members (excludes halogenated alkanes) is 16. The maximum atomic E-state index is 10.7. The molecule has 0 aliphatic heterocycles. The summed E-state index contributed by atoms with van der Waals surface area (Å²) in [4.78, 5) is 0. The average molecular weight is 618 g/mol. The van der Waals surface area contributed by atoms with E-state index >= 15 is 0 Å². The van der Waals surface area contributed by atoms with Crippen LogP contribution in [0.4, 0.5) is 0 Å². The number of aromatic hydroxyl groups is 2. The van der Waals surface area contributed by atoms with Crippen molar-refractivity contribution in [2.24, 2.45) is 10.2 Å². The second-order valence-electron chi connectivity index (χ2n) is 11.6. The lowest BCUT2D eigenvalue weighted by molar-refractivity contribution is 0.473. The predicted octanol–water partition coefficient (Wildman–Crippen LogP) is 12.4. The van der Waals surface area contributed by atoms with Crippen LogP contribution < -0.4 is 0 Å². The van der Waals surface area contributed by atoms with Crippen molar-refractivity contribution >= 4 is 34.6 Å². The van der Waals surface area contributed by atoms with Gasteiger partial charge in [-0.25, -0.2) is 0 Å². The third-order valence-corrected chi connectivity index (χ3v) is 8.33. The zero-order valence-electron chi connectivity index (χ0n) is 26.2. The number of nitrogens with zero attached hydrogens (tertiary/aromatic N) is 2. The Morgan fingerprint density at radius 1 is 0.500 bits per heavy atom. The van der Waals surface area contributed by atoms with Gasteiger partial charge in [0.1, 0.15) is 11.5 Å². The van der Waals surface area contributed by atoms with E-state index in [4.69, 9.17) is 33.4 Å². The fraction of sp³-hybridized carbons (Fsp3) is 0.611. The molecule has 42 heavy (non-hydrogen) atoms. The van der Waals surface area contributed by atoms with E-state index in [9.17, 15) is 10.2 Å². The van der Waals surface area contributed by atoms with Crippen molar-refractivity contribution in [1.82, 2.24) is 0 Å². The number of phenols is 2. The molecule has 0 unspecified atom stereocenters. The van der Waals surface area contributed by atoms with E-state index < -0.39 is 0 Å². The fourth-order valence-electron chi connectivity index (χ4n) is 5.28. The first-order valence-corrected chi connectivity index (χ1v) is 17.3. The monoisotopic (exact) mass is 616 g/mol. The first kappa shape index (κ1) is 36.2. The van der Waals surface area contributed by atoms with Crippen LogP contribution in [0.5, 0.6) is 11.5 Å². The molecular formula is C36H54Cl2N2O2. The number of rotatable bonds is 23. The first-order valence-electron chi connectivity index (χ1n) is 16.6. The Balaban J connectivity index is 2.13. The van der Waals surface area contributed by atoms with Gasteiger partial charge >= 0.3 is 0 Å². The molecule has 234 valence electrons. The van der Waals surface area contributed by atoms with Gasteiger partial charge in [-0.15, -0.1) is 0 Å². The number of benzene rings is 2. The summed E-state index contributed by atoms with van der Waals surface area (Å²) in [7, 11) is 0. The molecule has 2 N–H and O–H groups in total. The number of halogens is 2. The molecule has 6 heteroatoms. The molecule has 0 radical (unpaired) electrons. The maximum Gasteiger partial charge on any atom is 0.124 e. The summed E-state index contributed by atoms with van der Waals surface area (Å²) < 4.78 is 0. The van der Waals surface area contributed by atoms with Gasteiger partial charge < -0.3 is 10.2 Å². The molecule has 0 fully saturated rings. The van der Waals surface area contributed by atoms with Crippen LogP contribution in [-0.2, 0) is 0 Å². The third kappa shape index (κ3) is 14.9. The topological polar surface area (TPSA) is 65.2 Å². The summed E-state index contributed by atoms with van der Waals surface area (Å²) in [6.07, 6.45) is 23.6. The van der Waals surface area contributed by atoms with Gasteiger partial charge in [0.15, 0.2) is 0 Å². The third-order valence-electron chi connectivity index (χ3n) is 7.86. The molecule has 2 rings (SSSR count). The van der Waals surface area contributed by atoms with Crippen molar-refractivity contribution in [2.45, 2.75) is 142 Å². The molecular weight excluding hydrogens is 563 g/mol. The van der Waals surface area contributed by atoms with E-state index in [-0.39, 0.29) is 11.5 Å². The van der Waals surface area contributed by atoms with Gasteiger partial charge in [0.25, 0.3) is 0 Å². The van der Waals surface area contributed by atoms with Crippen LogP contribution in [-0.4, -0.2) is 21.6 Å². The highest BCUT2D eigenvalue weighted by Crippen LogP contribution is 2.27. The fourth-order valence-corrected chi connectivity index (χ4v) is 5.63. The molecule has 4 nitrogen and oxygen atoms in total. The van der Waals surface area contributed by atoms with E-state index in [2.05, 4.69) is 13.8 Å². The van der Waals surface area contributed by atoms with Gasteiger partial charge in [0.05, 0.1) is 11.4 Å². The van der Waals surface area contributed by atoms with Crippen molar-refractivity contribution in [3.8, 4) is 11.5 Å². The van der Waals surface area contributed by atoms with Gasteiger partial charge in [-0.1, -0.05) is 140 Å². The van der Waals surface area contributed by atoms with Crippen molar-refractivity contribution in [2.75, 3.05) is 0 Å². The Bertz CT molecular complexity index is 999. The Morgan fingerprint density at radius 3 is 1.14 bits per heavy atom. The van der Waals surface area contributed by atoms with Gasteiger partial charge in [-0.05, 0) is 62.1 Å². The standard InChI is InChI=1S/C36H54Cl2N2O2/c1-3-5-7-9-11-13-15-17-19-21-33(31-27-29(37)23-25-35(31)41)39-40-34(32-28-30(38)24-26-36(32)42)22-20-18-16-14-12-10-8-6-4-2/h23-28,41-42H,3-22H2,1-2H3/b39-33+,40-34+. The van der Waals surface area contributed by atoms with E-state index in [1.54, 1.807) is 36.4 Å². The lowest BCUT2D eigenvalue weighted by Gasteiger charge is -2.11. The van der Waals surface area contributed by atoms with Crippen LogP contribution >= 0.6 is 23.2 Å². The zero-order chi connectivity index (χ0) is 30.4. The molecule has 0 heterocycles. The van der Waals surface area contributed by atoms with E-state index in [0.717, 1.165) is 25.7 Å². The summed E-state index contributed by atoms with van der Waals surface area (Å²) in [5.41, 5.74) is 2.65. The van der Waals surface area contributed by atoms with Crippen molar-refractivity contribution in [3.63, 3.8) is 0 Å². The quantitative estimate of drug-likeness (QED) is 0.0740. The molecule has 0 aliphatic rings. The van der Waals surface area contributed by atoms with Crippen LogP contribution in [0.2, 0.25) is 10.0 Å². The van der Waals surface area contributed by atoms with E-state index in [1.807, 2.05) is 0 Å². The Kier molecular flexibility index (Phi) is 19.4. The predicted molar refractivity (Wildman–Crippen MR) is 183 cm³/mol. The van der Waals surface area contributed by atoms with Crippen molar-refractivity contribution in [3.05, 3.63) is 57.6 Å². The molecule has 0 aromatic heterocycles. The summed E-state index contributed by atoms with van der Waals surface area (Å²) in [6.45, 7) is 4.50. The smallest absolute Gasteiger partial charge is 0.124 e. The minimum atomic E-state index is 0.148. The summed E-state index contributed by atoms with van der Waals surface area (Å²) in [5.74, 6) is 0.297. The molecule has 0 spiro atoms. The van der Waals surface area contributed by atoms with Crippen molar-refractivity contribution in [1.29, 1.82) is 0 Å². The summed E-state index contributed by atoms with van der Waals surface area (Å²) in [5, 5.41) is 31.8. The molecule has 0 saturated heterocycles.